The zero-order valence-corrected chi connectivity index (χ0v) is 23.5. The van der Waals surface area contributed by atoms with Crippen LogP contribution >= 0.6 is 0 Å². The molecule has 4 rings (SSSR count). The van der Waals surface area contributed by atoms with Crippen molar-refractivity contribution in [2.24, 2.45) is 0 Å². The van der Waals surface area contributed by atoms with Crippen LogP contribution in [0.2, 0.25) is 0 Å². The fourth-order valence-electron chi connectivity index (χ4n) is 4.55. The van der Waals surface area contributed by atoms with Gasteiger partial charge >= 0.3 is 0 Å². The van der Waals surface area contributed by atoms with Crippen LogP contribution in [0.4, 0.5) is 5.69 Å². The molecule has 0 bridgehead atoms. The van der Waals surface area contributed by atoms with E-state index in [4.69, 9.17) is 9.47 Å². The highest BCUT2D eigenvalue weighted by Gasteiger charge is 2.30. The second-order valence-electron chi connectivity index (χ2n) is 9.93. The Kier molecular flexibility index (Phi) is 9.27. The molecule has 3 aromatic carbocycles. The Morgan fingerprint density at radius 1 is 0.825 bits per heavy atom. The number of nitrogens with zero attached hydrogens (tertiary/aromatic N) is 4. The van der Waals surface area contributed by atoms with Gasteiger partial charge in [0.1, 0.15) is 18.0 Å². The van der Waals surface area contributed by atoms with Crippen molar-refractivity contribution >= 4 is 23.4 Å². The van der Waals surface area contributed by atoms with Crippen LogP contribution in [0, 0.1) is 0 Å². The van der Waals surface area contributed by atoms with Crippen LogP contribution in [0.5, 0.6) is 11.5 Å². The van der Waals surface area contributed by atoms with Crippen molar-refractivity contribution in [1.29, 1.82) is 0 Å². The van der Waals surface area contributed by atoms with Gasteiger partial charge in [-0.3, -0.25) is 14.4 Å². The van der Waals surface area contributed by atoms with Gasteiger partial charge in [0.05, 0.1) is 20.8 Å². The first-order valence-electron chi connectivity index (χ1n) is 13.2. The molecular formula is C31H36N4O5. The van der Waals surface area contributed by atoms with Crippen molar-refractivity contribution < 1.29 is 23.9 Å². The first-order valence-corrected chi connectivity index (χ1v) is 13.2. The van der Waals surface area contributed by atoms with E-state index in [0.717, 1.165) is 22.6 Å². The minimum absolute atomic E-state index is 0.0496. The van der Waals surface area contributed by atoms with Gasteiger partial charge < -0.3 is 29.1 Å². The molecule has 1 heterocycles. The molecule has 3 aromatic rings. The first kappa shape index (κ1) is 28.5. The number of rotatable bonds is 10. The molecule has 1 fully saturated rings. The highest BCUT2D eigenvalue weighted by atomic mass is 16.5. The van der Waals surface area contributed by atoms with E-state index < -0.39 is 0 Å². The Bertz CT molecular complexity index is 1320. The second kappa shape index (κ2) is 13.0. The van der Waals surface area contributed by atoms with Crippen molar-refractivity contribution in [2.75, 3.05) is 59.4 Å². The number of carbonyl (C=O) groups is 3. The van der Waals surface area contributed by atoms with E-state index in [9.17, 15) is 14.4 Å². The summed E-state index contributed by atoms with van der Waals surface area (Å²) in [6.07, 6.45) is 0. The van der Waals surface area contributed by atoms with Crippen molar-refractivity contribution in [3.63, 3.8) is 0 Å². The highest BCUT2D eigenvalue weighted by Crippen LogP contribution is 2.19. The van der Waals surface area contributed by atoms with Crippen LogP contribution in [-0.4, -0.2) is 86.9 Å². The molecule has 0 atom stereocenters. The molecule has 0 saturated carbocycles. The number of anilines is 1. The predicted octanol–water partition coefficient (Wildman–Crippen LogP) is 3.28. The molecule has 0 spiro atoms. The van der Waals surface area contributed by atoms with E-state index in [1.54, 1.807) is 43.4 Å². The Hall–Kier alpha value is -4.53. The fourth-order valence-corrected chi connectivity index (χ4v) is 4.55. The minimum atomic E-state index is -0.254. The number of methoxy groups -OCH3 is 2. The summed E-state index contributed by atoms with van der Waals surface area (Å²) in [6.45, 7) is 1.30. The third kappa shape index (κ3) is 7.11. The largest absolute Gasteiger partial charge is 0.497 e. The van der Waals surface area contributed by atoms with Gasteiger partial charge in [-0.2, -0.15) is 0 Å². The number of benzene rings is 3. The van der Waals surface area contributed by atoms with Crippen molar-refractivity contribution in [1.82, 2.24) is 14.7 Å². The number of hydrogen-bond acceptors (Lipinski definition) is 6. The summed E-state index contributed by atoms with van der Waals surface area (Å²) in [5.41, 5.74) is 3.48. The SMILES string of the molecule is COc1ccc(CN(Cc2ccc(N(C)C)cc2)C(=O)CN2CCN(C(=O)c3cccc(OC)c3)CC2=O)cc1. The summed E-state index contributed by atoms with van der Waals surface area (Å²) in [5, 5.41) is 0. The van der Waals surface area contributed by atoms with Crippen molar-refractivity contribution in [3.05, 3.63) is 89.5 Å². The lowest BCUT2D eigenvalue weighted by Crippen LogP contribution is -2.54. The molecule has 40 heavy (non-hydrogen) atoms. The van der Waals surface area contributed by atoms with E-state index in [1.165, 1.54) is 9.80 Å². The van der Waals surface area contributed by atoms with Gasteiger partial charge in [0.25, 0.3) is 5.91 Å². The van der Waals surface area contributed by atoms with E-state index in [0.29, 0.717) is 30.9 Å². The van der Waals surface area contributed by atoms with Gasteiger partial charge in [0.2, 0.25) is 11.8 Å². The molecule has 9 nitrogen and oxygen atoms in total. The molecule has 1 aliphatic rings. The fraction of sp³-hybridized carbons (Fsp3) is 0.323. The van der Waals surface area contributed by atoms with Crippen molar-refractivity contribution in [2.45, 2.75) is 13.1 Å². The Balaban J connectivity index is 1.44. The summed E-state index contributed by atoms with van der Waals surface area (Å²) in [4.78, 5) is 46.4. The lowest BCUT2D eigenvalue weighted by molar-refractivity contribution is -0.143. The summed E-state index contributed by atoms with van der Waals surface area (Å²) >= 11 is 0. The third-order valence-electron chi connectivity index (χ3n) is 6.96. The van der Waals surface area contributed by atoms with Crippen LogP contribution in [0.15, 0.2) is 72.8 Å². The molecule has 9 heteroatoms. The molecule has 0 aliphatic carbocycles. The van der Waals surface area contributed by atoms with E-state index in [-0.39, 0.29) is 37.4 Å². The monoisotopic (exact) mass is 544 g/mol. The summed E-state index contributed by atoms with van der Waals surface area (Å²) in [5.74, 6) is 0.673. The van der Waals surface area contributed by atoms with E-state index in [2.05, 4.69) is 0 Å². The molecule has 210 valence electrons. The number of piperazine rings is 1. The molecule has 1 saturated heterocycles. The molecular weight excluding hydrogens is 508 g/mol. The maximum atomic E-state index is 13.6. The second-order valence-corrected chi connectivity index (χ2v) is 9.93. The smallest absolute Gasteiger partial charge is 0.254 e. The van der Waals surface area contributed by atoms with Crippen LogP contribution in [0.3, 0.4) is 0 Å². The average molecular weight is 545 g/mol. The van der Waals surface area contributed by atoms with Crippen molar-refractivity contribution in [3.8, 4) is 11.5 Å². The zero-order valence-electron chi connectivity index (χ0n) is 23.5. The highest BCUT2D eigenvalue weighted by molar-refractivity contribution is 5.97. The van der Waals surface area contributed by atoms with Gasteiger partial charge in [0, 0.05) is 51.5 Å². The van der Waals surface area contributed by atoms with Crippen LogP contribution in [0.1, 0.15) is 21.5 Å². The third-order valence-corrected chi connectivity index (χ3v) is 6.96. The number of hydrogen-bond donors (Lipinski definition) is 0. The summed E-state index contributed by atoms with van der Waals surface area (Å²) in [7, 11) is 7.12. The molecule has 0 N–H and O–H groups in total. The van der Waals surface area contributed by atoms with E-state index >= 15 is 0 Å². The summed E-state index contributed by atoms with van der Waals surface area (Å²) < 4.78 is 10.5. The van der Waals surface area contributed by atoms with Crippen LogP contribution < -0.4 is 14.4 Å². The Morgan fingerprint density at radius 2 is 1.45 bits per heavy atom. The van der Waals surface area contributed by atoms with Crippen LogP contribution in [-0.2, 0) is 22.7 Å². The topological polar surface area (TPSA) is 82.6 Å². The standard InChI is InChI=1S/C31H36N4O5/c1-32(2)26-12-8-23(9-13-26)19-35(20-24-10-14-27(39-3)15-11-24)30(37)21-33-16-17-34(22-29(33)36)31(38)25-6-5-7-28(18-25)40-4/h5-15,18H,16-17,19-22H2,1-4H3. The average Bonchev–Trinajstić information content (AvgIpc) is 2.98. The van der Waals surface area contributed by atoms with Gasteiger partial charge in [-0.1, -0.05) is 30.3 Å². The lowest BCUT2D eigenvalue weighted by Gasteiger charge is -2.35. The first-order chi connectivity index (χ1) is 19.3. The lowest BCUT2D eigenvalue weighted by atomic mass is 10.1. The molecule has 0 unspecified atom stereocenters. The molecule has 3 amide bonds. The quantitative estimate of drug-likeness (QED) is 0.390. The predicted molar refractivity (Wildman–Crippen MR) is 153 cm³/mol. The maximum Gasteiger partial charge on any atom is 0.254 e. The molecule has 1 aliphatic heterocycles. The zero-order chi connectivity index (χ0) is 28.6. The molecule has 0 radical (unpaired) electrons. The summed E-state index contributed by atoms with van der Waals surface area (Å²) in [6, 6.07) is 22.5. The number of ether oxygens (including phenoxy) is 2. The minimum Gasteiger partial charge on any atom is -0.497 e. The molecule has 0 aromatic heterocycles. The van der Waals surface area contributed by atoms with Gasteiger partial charge in [0.15, 0.2) is 0 Å². The van der Waals surface area contributed by atoms with E-state index in [1.807, 2.05) is 67.5 Å². The Labute approximate surface area is 235 Å². The normalized spacial score (nSPS) is 13.2. The van der Waals surface area contributed by atoms with Crippen LogP contribution in [0.25, 0.3) is 0 Å². The number of amides is 3. The maximum absolute atomic E-state index is 13.6. The van der Waals surface area contributed by atoms with Gasteiger partial charge in [-0.15, -0.1) is 0 Å². The number of carbonyl (C=O) groups excluding carboxylic acids is 3. The van der Waals surface area contributed by atoms with Gasteiger partial charge in [-0.05, 0) is 53.6 Å². The van der Waals surface area contributed by atoms with Gasteiger partial charge in [-0.25, -0.2) is 0 Å². The Morgan fingerprint density at radius 3 is 2.02 bits per heavy atom.